The third kappa shape index (κ3) is 3.38. The summed E-state index contributed by atoms with van der Waals surface area (Å²) >= 11 is 5.59. The minimum absolute atomic E-state index is 0.167. The second-order valence-electron chi connectivity index (χ2n) is 2.56. The van der Waals surface area contributed by atoms with Crippen molar-refractivity contribution in [3.05, 3.63) is 17.3 Å². The van der Waals surface area contributed by atoms with Crippen LogP contribution in [-0.2, 0) is 10.9 Å². The van der Waals surface area contributed by atoms with Crippen LogP contribution < -0.4 is 0 Å². The Balaban J connectivity index is 2.85. The van der Waals surface area contributed by atoms with E-state index in [1.54, 1.807) is 12.1 Å². The maximum absolute atomic E-state index is 5.59. The zero-order valence-electron chi connectivity index (χ0n) is 7.73. The van der Waals surface area contributed by atoms with E-state index in [1.165, 1.54) is 0 Å². The van der Waals surface area contributed by atoms with Crippen LogP contribution in [0.5, 0.6) is 0 Å². The average Bonchev–Trinajstić information content (AvgIpc) is 2.08. The van der Waals surface area contributed by atoms with Crippen molar-refractivity contribution in [2.24, 2.45) is 4.36 Å². The lowest BCUT2D eigenvalue weighted by Crippen LogP contribution is -2.12. The molecule has 0 amide bonds. The molecule has 0 radical (unpaired) electrons. The number of halogens is 1. The Bertz CT molecular complexity index is 309. The van der Waals surface area contributed by atoms with E-state index in [-0.39, 0.29) is 10.9 Å². The molecule has 0 aliphatic carbocycles. The molecule has 1 aromatic rings. The lowest BCUT2D eigenvalue weighted by Gasteiger charge is -2.08. The second-order valence-corrected chi connectivity index (χ2v) is 4.76. The highest BCUT2D eigenvalue weighted by Gasteiger charge is 1.95. The van der Waals surface area contributed by atoms with Crippen molar-refractivity contribution in [2.75, 3.05) is 20.4 Å². The first kappa shape index (κ1) is 10.6. The van der Waals surface area contributed by atoms with Crippen LogP contribution in [0.3, 0.4) is 0 Å². The van der Waals surface area contributed by atoms with E-state index in [1.807, 2.05) is 24.7 Å². The molecule has 72 valence electrons. The summed E-state index contributed by atoms with van der Waals surface area (Å²) in [7, 11) is 3.77. The largest absolute Gasteiger partial charge is 0.248 e. The van der Waals surface area contributed by atoms with Crippen LogP contribution in [0.2, 0.25) is 5.15 Å². The van der Waals surface area contributed by atoms with Crippen LogP contribution in [0.15, 0.2) is 16.5 Å². The Kier molecular flexibility index (Phi) is 3.77. The molecule has 0 spiro atoms. The van der Waals surface area contributed by atoms with Crippen molar-refractivity contribution in [1.82, 2.24) is 14.5 Å². The van der Waals surface area contributed by atoms with Crippen molar-refractivity contribution in [2.45, 2.75) is 0 Å². The first-order chi connectivity index (χ1) is 6.09. The fraction of sp³-hybridized carbons (Fsp3) is 0.429. The Morgan fingerprint density at radius 1 is 1.38 bits per heavy atom. The first-order valence-electron chi connectivity index (χ1n) is 3.64. The second kappa shape index (κ2) is 4.64. The number of aromatic nitrogens is 2. The monoisotopic (exact) mass is 218 g/mol. The topological polar surface area (TPSA) is 41.4 Å². The number of hydrogen-bond acceptors (Lipinski definition) is 3. The standard InChI is InChI=1S/C7H11ClN4S/c1-12(2)13(3)11-7-5-4-6(8)9-10-7/h4-5H,1-3H3. The molecule has 1 rings (SSSR count). The molecule has 1 aromatic heterocycles. The van der Waals surface area contributed by atoms with E-state index in [2.05, 4.69) is 14.6 Å². The van der Waals surface area contributed by atoms with Gasteiger partial charge in [0.1, 0.15) is 0 Å². The van der Waals surface area contributed by atoms with Gasteiger partial charge < -0.3 is 0 Å². The predicted molar refractivity (Wildman–Crippen MR) is 56.1 cm³/mol. The molecular weight excluding hydrogens is 208 g/mol. The molecule has 1 unspecified atom stereocenters. The molecule has 4 nitrogen and oxygen atoms in total. The lowest BCUT2D eigenvalue weighted by atomic mass is 10.5. The van der Waals surface area contributed by atoms with Gasteiger partial charge in [-0.3, -0.25) is 0 Å². The zero-order valence-corrected chi connectivity index (χ0v) is 9.30. The summed E-state index contributed by atoms with van der Waals surface area (Å²) in [5.41, 5.74) is 0. The van der Waals surface area contributed by atoms with Gasteiger partial charge in [-0.05, 0) is 37.1 Å². The van der Waals surface area contributed by atoms with Gasteiger partial charge in [-0.2, -0.15) is 4.36 Å². The highest BCUT2D eigenvalue weighted by atomic mass is 35.5. The van der Waals surface area contributed by atoms with E-state index in [9.17, 15) is 0 Å². The predicted octanol–water partition coefficient (Wildman–Crippen LogP) is 1.67. The number of nitrogens with zero attached hydrogens (tertiary/aromatic N) is 4. The molecule has 0 bridgehead atoms. The molecule has 1 heterocycles. The quantitative estimate of drug-likeness (QED) is 0.759. The number of rotatable bonds is 2. The maximum Gasteiger partial charge on any atom is 0.182 e. The highest BCUT2D eigenvalue weighted by Crippen LogP contribution is 2.10. The Morgan fingerprint density at radius 3 is 2.54 bits per heavy atom. The fourth-order valence-electron chi connectivity index (χ4n) is 0.575. The van der Waals surface area contributed by atoms with Crippen molar-refractivity contribution >= 4 is 28.3 Å². The van der Waals surface area contributed by atoms with Gasteiger partial charge in [-0.1, -0.05) is 11.6 Å². The van der Waals surface area contributed by atoms with Crippen LogP contribution in [-0.4, -0.2) is 34.9 Å². The van der Waals surface area contributed by atoms with E-state index in [0.717, 1.165) is 0 Å². The van der Waals surface area contributed by atoms with Crippen molar-refractivity contribution in [3.8, 4) is 0 Å². The third-order valence-electron chi connectivity index (χ3n) is 1.37. The van der Waals surface area contributed by atoms with Crippen molar-refractivity contribution < 1.29 is 0 Å². The molecule has 6 heteroatoms. The van der Waals surface area contributed by atoms with Crippen molar-refractivity contribution in [1.29, 1.82) is 0 Å². The summed E-state index contributed by atoms with van der Waals surface area (Å²) in [5.74, 6) is 0.615. The third-order valence-corrected chi connectivity index (χ3v) is 3.08. The molecular formula is C7H11ClN4S. The minimum atomic E-state index is -0.167. The summed E-state index contributed by atoms with van der Waals surface area (Å²) in [4.78, 5) is 0. The van der Waals surface area contributed by atoms with Crippen LogP contribution in [0, 0.1) is 0 Å². The summed E-state index contributed by atoms with van der Waals surface area (Å²) in [6, 6.07) is 3.43. The van der Waals surface area contributed by atoms with Crippen LogP contribution in [0.25, 0.3) is 0 Å². The van der Waals surface area contributed by atoms with E-state index in [4.69, 9.17) is 11.6 Å². The molecule has 0 N–H and O–H groups in total. The molecule has 0 aromatic carbocycles. The smallest absolute Gasteiger partial charge is 0.182 e. The van der Waals surface area contributed by atoms with E-state index >= 15 is 0 Å². The molecule has 0 saturated heterocycles. The molecule has 0 fully saturated rings. The summed E-state index contributed by atoms with van der Waals surface area (Å²) in [6.07, 6.45) is 2.01. The normalized spacial score (nSPS) is 13.6. The van der Waals surface area contributed by atoms with Gasteiger partial charge >= 0.3 is 0 Å². The Morgan fingerprint density at radius 2 is 2.08 bits per heavy atom. The Labute approximate surface area is 85.2 Å². The Hall–Kier alpha value is -0.520. The van der Waals surface area contributed by atoms with E-state index < -0.39 is 0 Å². The van der Waals surface area contributed by atoms with Crippen LogP contribution in [0.4, 0.5) is 5.82 Å². The zero-order chi connectivity index (χ0) is 9.84. The molecule has 0 saturated carbocycles. The first-order valence-corrected chi connectivity index (χ1v) is 5.56. The molecule has 0 aliphatic heterocycles. The minimum Gasteiger partial charge on any atom is -0.248 e. The van der Waals surface area contributed by atoms with Crippen LogP contribution >= 0.6 is 11.6 Å². The van der Waals surface area contributed by atoms with Gasteiger partial charge in [0.2, 0.25) is 0 Å². The van der Waals surface area contributed by atoms with Gasteiger partial charge in [0.05, 0.1) is 0 Å². The van der Waals surface area contributed by atoms with Gasteiger partial charge in [0.25, 0.3) is 0 Å². The SMILES string of the molecule is CN(C)S(C)=Nc1ccc(Cl)nn1. The fourth-order valence-corrected chi connectivity index (χ4v) is 1.21. The molecule has 1 atom stereocenters. The maximum atomic E-state index is 5.59. The summed E-state index contributed by atoms with van der Waals surface area (Å²) in [6.45, 7) is 0. The van der Waals surface area contributed by atoms with Gasteiger partial charge in [-0.25, -0.2) is 4.31 Å². The van der Waals surface area contributed by atoms with Gasteiger partial charge in [-0.15, -0.1) is 10.2 Å². The molecule has 0 aliphatic rings. The van der Waals surface area contributed by atoms with Crippen molar-refractivity contribution in [3.63, 3.8) is 0 Å². The van der Waals surface area contributed by atoms with Gasteiger partial charge in [0.15, 0.2) is 11.0 Å². The van der Waals surface area contributed by atoms with Crippen LogP contribution in [0.1, 0.15) is 0 Å². The average molecular weight is 219 g/mol. The summed E-state index contributed by atoms with van der Waals surface area (Å²) in [5, 5.41) is 7.92. The molecule has 13 heavy (non-hydrogen) atoms. The van der Waals surface area contributed by atoms with E-state index in [0.29, 0.717) is 11.0 Å². The number of hydrogen-bond donors (Lipinski definition) is 0. The highest BCUT2D eigenvalue weighted by molar-refractivity contribution is 7.84. The lowest BCUT2D eigenvalue weighted by molar-refractivity contribution is 0.695. The van der Waals surface area contributed by atoms with Gasteiger partial charge in [0, 0.05) is 6.26 Å². The summed E-state index contributed by atoms with van der Waals surface area (Å²) < 4.78 is 6.33.